The summed E-state index contributed by atoms with van der Waals surface area (Å²) >= 11 is 0. The highest BCUT2D eigenvalue weighted by Crippen LogP contribution is 2.25. The molecular weight excluding hydrogens is 258 g/mol. The molecule has 2 unspecified atom stereocenters. The predicted molar refractivity (Wildman–Crippen MR) is 77.2 cm³/mol. The number of non-ortho nitro benzene ring substituents is 1. The van der Waals surface area contributed by atoms with Crippen LogP contribution >= 0.6 is 0 Å². The van der Waals surface area contributed by atoms with Gasteiger partial charge >= 0.3 is 0 Å². The third kappa shape index (κ3) is 3.33. The monoisotopic (exact) mass is 279 g/mol. The smallest absolute Gasteiger partial charge is 0.269 e. The van der Waals surface area contributed by atoms with Crippen molar-refractivity contribution < 1.29 is 9.72 Å². The summed E-state index contributed by atoms with van der Waals surface area (Å²) in [6, 6.07) is 6.01. The number of amides is 1. The maximum Gasteiger partial charge on any atom is 0.269 e. The Bertz CT molecular complexity index is 514. The second kappa shape index (κ2) is 6.00. The predicted octanol–water partition coefficient (Wildman–Crippen LogP) is 2.24. The number of rotatable bonds is 5. The molecule has 0 saturated carbocycles. The summed E-state index contributed by atoms with van der Waals surface area (Å²) in [5.74, 6) is -0.181. The Morgan fingerprint density at radius 2 is 2.15 bits per heavy atom. The third-order valence-corrected chi connectivity index (χ3v) is 3.69. The van der Waals surface area contributed by atoms with Crippen LogP contribution in [0.4, 0.5) is 5.69 Å². The molecule has 1 amide bonds. The second-order valence-electron chi connectivity index (χ2n) is 5.22. The van der Waals surface area contributed by atoms with Crippen molar-refractivity contribution in [1.29, 1.82) is 0 Å². The van der Waals surface area contributed by atoms with E-state index in [9.17, 15) is 14.9 Å². The molecule has 0 aromatic heterocycles. The van der Waals surface area contributed by atoms with Gasteiger partial charge in [-0.25, -0.2) is 0 Å². The van der Waals surface area contributed by atoms with Gasteiger partial charge in [0.2, 0.25) is 5.91 Å². The van der Waals surface area contributed by atoms with E-state index < -0.39 is 10.5 Å². The Labute approximate surface area is 118 Å². The number of nitro groups is 1. The van der Waals surface area contributed by atoms with Gasteiger partial charge in [0.05, 0.1) is 16.5 Å². The average molecular weight is 279 g/mol. The number of hydrogen-bond donors (Lipinski definition) is 1. The number of carbonyl (C=O) groups excluding carboxylic acids is 1. The highest BCUT2D eigenvalue weighted by Gasteiger charge is 2.31. The molecule has 0 heterocycles. The molecule has 0 radical (unpaired) electrons. The fourth-order valence-corrected chi connectivity index (χ4v) is 1.85. The average Bonchev–Trinajstić information content (AvgIpc) is 2.44. The first-order chi connectivity index (χ1) is 9.20. The van der Waals surface area contributed by atoms with Gasteiger partial charge in [0.25, 0.3) is 5.69 Å². The number of nitrogens with zero attached hydrogens (tertiary/aromatic N) is 2. The van der Waals surface area contributed by atoms with Crippen LogP contribution in [-0.4, -0.2) is 28.3 Å². The number of benzene rings is 1. The zero-order valence-electron chi connectivity index (χ0n) is 12.3. The first-order valence-electron chi connectivity index (χ1n) is 6.51. The largest absolute Gasteiger partial charge is 0.337 e. The van der Waals surface area contributed by atoms with E-state index in [1.165, 1.54) is 17.0 Å². The Hall–Kier alpha value is -1.95. The molecule has 0 aliphatic rings. The Morgan fingerprint density at radius 1 is 1.55 bits per heavy atom. The second-order valence-corrected chi connectivity index (χ2v) is 5.22. The van der Waals surface area contributed by atoms with Crippen molar-refractivity contribution >= 4 is 11.6 Å². The summed E-state index contributed by atoms with van der Waals surface area (Å²) in [5.41, 5.74) is 5.75. The van der Waals surface area contributed by atoms with Gasteiger partial charge < -0.3 is 10.6 Å². The molecule has 2 atom stereocenters. The molecule has 0 saturated heterocycles. The molecule has 1 aromatic rings. The standard InChI is InChI=1S/C14H21N3O3/c1-5-14(3,15)13(18)16(4)10(2)11-7-6-8-12(9-11)17(19)20/h6-10H,5,15H2,1-4H3. The van der Waals surface area contributed by atoms with Gasteiger partial charge in [-0.3, -0.25) is 14.9 Å². The maximum atomic E-state index is 12.3. The molecule has 6 nitrogen and oxygen atoms in total. The van der Waals surface area contributed by atoms with E-state index in [1.54, 1.807) is 26.1 Å². The molecule has 20 heavy (non-hydrogen) atoms. The van der Waals surface area contributed by atoms with E-state index in [0.717, 1.165) is 0 Å². The van der Waals surface area contributed by atoms with Crippen molar-refractivity contribution in [2.45, 2.75) is 38.8 Å². The van der Waals surface area contributed by atoms with Crippen LogP contribution in [-0.2, 0) is 4.79 Å². The van der Waals surface area contributed by atoms with Crippen LogP contribution < -0.4 is 5.73 Å². The van der Waals surface area contributed by atoms with Crippen molar-refractivity contribution in [3.8, 4) is 0 Å². The highest BCUT2D eigenvalue weighted by molar-refractivity contribution is 5.85. The van der Waals surface area contributed by atoms with Crippen LogP contribution in [0, 0.1) is 10.1 Å². The van der Waals surface area contributed by atoms with E-state index in [4.69, 9.17) is 5.73 Å². The molecule has 1 rings (SSSR count). The van der Waals surface area contributed by atoms with Crippen LogP contribution in [0.25, 0.3) is 0 Å². The topological polar surface area (TPSA) is 89.5 Å². The van der Waals surface area contributed by atoms with Crippen molar-refractivity contribution in [3.05, 3.63) is 39.9 Å². The van der Waals surface area contributed by atoms with Gasteiger partial charge in [-0.1, -0.05) is 19.1 Å². The van der Waals surface area contributed by atoms with Crippen molar-refractivity contribution in [2.24, 2.45) is 5.73 Å². The van der Waals surface area contributed by atoms with Gasteiger partial charge in [-0.05, 0) is 25.8 Å². The fourth-order valence-electron chi connectivity index (χ4n) is 1.85. The highest BCUT2D eigenvalue weighted by atomic mass is 16.6. The fraction of sp³-hybridized carbons (Fsp3) is 0.500. The maximum absolute atomic E-state index is 12.3. The van der Waals surface area contributed by atoms with Crippen LogP contribution in [0.2, 0.25) is 0 Å². The van der Waals surface area contributed by atoms with Crippen molar-refractivity contribution in [2.75, 3.05) is 7.05 Å². The molecule has 0 fully saturated rings. The molecular formula is C14H21N3O3. The number of likely N-dealkylation sites (N-methyl/N-ethyl adjacent to an activating group) is 1. The number of nitro benzene ring substituents is 1. The molecule has 0 aliphatic heterocycles. The third-order valence-electron chi connectivity index (χ3n) is 3.69. The quantitative estimate of drug-likeness (QED) is 0.661. The first kappa shape index (κ1) is 16.1. The summed E-state index contributed by atoms with van der Waals surface area (Å²) in [4.78, 5) is 24.2. The lowest BCUT2D eigenvalue weighted by Crippen LogP contribution is -2.52. The minimum absolute atomic E-state index is 0.0150. The minimum atomic E-state index is -0.927. The van der Waals surface area contributed by atoms with E-state index in [1.807, 2.05) is 13.8 Å². The molecule has 0 bridgehead atoms. The molecule has 110 valence electrons. The SMILES string of the molecule is CCC(C)(N)C(=O)N(C)C(C)c1cccc([N+](=O)[O-])c1. The number of hydrogen-bond acceptors (Lipinski definition) is 4. The summed E-state index contributed by atoms with van der Waals surface area (Å²) in [5, 5.41) is 10.8. The van der Waals surface area contributed by atoms with E-state index in [2.05, 4.69) is 0 Å². The Morgan fingerprint density at radius 3 is 2.65 bits per heavy atom. The molecule has 0 aliphatic carbocycles. The van der Waals surface area contributed by atoms with Crippen LogP contribution in [0.5, 0.6) is 0 Å². The Balaban J connectivity index is 3.00. The zero-order chi connectivity index (χ0) is 15.5. The van der Waals surface area contributed by atoms with Gasteiger partial charge in [0, 0.05) is 19.2 Å². The zero-order valence-corrected chi connectivity index (χ0v) is 12.3. The number of carbonyl (C=O) groups is 1. The van der Waals surface area contributed by atoms with E-state index in [-0.39, 0.29) is 17.6 Å². The first-order valence-corrected chi connectivity index (χ1v) is 6.51. The van der Waals surface area contributed by atoms with E-state index >= 15 is 0 Å². The lowest BCUT2D eigenvalue weighted by Gasteiger charge is -2.32. The summed E-state index contributed by atoms with van der Waals surface area (Å²) in [7, 11) is 1.66. The van der Waals surface area contributed by atoms with Crippen molar-refractivity contribution in [3.63, 3.8) is 0 Å². The minimum Gasteiger partial charge on any atom is -0.337 e. The molecule has 2 N–H and O–H groups in total. The molecule has 1 aromatic carbocycles. The molecule has 6 heteroatoms. The normalized spacial score (nSPS) is 15.2. The summed E-state index contributed by atoms with van der Waals surface area (Å²) in [6.07, 6.45) is 0.526. The van der Waals surface area contributed by atoms with Gasteiger partial charge in [0.1, 0.15) is 0 Å². The Kier molecular flexibility index (Phi) is 4.83. The van der Waals surface area contributed by atoms with Gasteiger partial charge in [0.15, 0.2) is 0 Å². The summed E-state index contributed by atoms with van der Waals surface area (Å²) < 4.78 is 0. The molecule has 0 spiro atoms. The number of nitrogens with two attached hydrogens (primary N) is 1. The summed E-state index contributed by atoms with van der Waals surface area (Å²) in [6.45, 7) is 5.36. The lowest BCUT2D eigenvalue weighted by atomic mass is 9.97. The van der Waals surface area contributed by atoms with E-state index in [0.29, 0.717) is 12.0 Å². The van der Waals surface area contributed by atoms with Crippen molar-refractivity contribution in [1.82, 2.24) is 4.90 Å². The van der Waals surface area contributed by atoms with Gasteiger partial charge in [-0.15, -0.1) is 0 Å². The lowest BCUT2D eigenvalue weighted by molar-refractivity contribution is -0.384. The van der Waals surface area contributed by atoms with Crippen LogP contribution in [0.3, 0.4) is 0 Å². The van der Waals surface area contributed by atoms with Crippen LogP contribution in [0.15, 0.2) is 24.3 Å². The van der Waals surface area contributed by atoms with Crippen LogP contribution in [0.1, 0.15) is 38.8 Å². The van der Waals surface area contributed by atoms with Gasteiger partial charge in [-0.2, -0.15) is 0 Å².